The monoisotopic (exact) mass is 369 g/mol. The van der Waals surface area contributed by atoms with Crippen molar-refractivity contribution in [1.82, 2.24) is 29.9 Å². The van der Waals surface area contributed by atoms with Gasteiger partial charge in [-0.3, -0.25) is 9.97 Å². The van der Waals surface area contributed by atoms with E-state index in [4.69, 9.17) is 0 Å². The molecule has 4 heterocycles. The summed E-state index contributed by atoms with van der Waals surface area (Å²) in [4.78, 5) is 14.6. The molecule has 4 aromatic heterocycles. The van der Waals surface area contributed by atoms with Crippen LogP contribution in [0.1, 0.15) is 0 Å². The summed E-state index contributed by atoms with van der Waals surface area (Å²) >= 11 is 0. The largest absolute Gasteiger partial charge is 3.00 e. The maximum atomic E-state index is 4.55. The van der Waals surface area contributed by atoms with Gasteiger partial charge in [0, 0.05) is 18.6 Å². The van der Waals surface area contributed by atoms with E-state index in [1.54, 1.807) is 18.6 Å². The van der Waals surface area contributed by atoms with Gasteiger partial charge < -0.3 is 15.0 Å². The third kappa shape index (κ3) is 3.74. The molecule has 0 aliphatic carbocycles. The van der Waals surface area contributed by atoms with Crippen LogP contribution in [-0.4, -0.2) is 19.7 Å². The average molecular weight is 369 g/mol. The summed E-state index contributed by atoms with van der Waals surface area (Å²) in [5, 5.41) is 9.10. The quantitative estimate of drug-likeness (QED) is 0.410. The van der Waals surface area contributed by atoms with Gasteiger partial charge in [0.15, 0.2) is 0 Å². The Morgan fingerprint density at radius 3 is 2.16 bits per heavy atom. The molecule has 0 saturated heterocycles. The van der Waals surface area contributed by atoms with E-state index in [1.165, 1.54) is 4.80 Å². The molecule has 0 atom stereocenters. The normalized spacial score (nSPS) is 10.1. The summed E-state index contributed by atoms with van der Waals surface area (Å²) in [6.07, 6.45) is 5.19. The molecule has 0 amide bonds. The van der Waals surface area contributed by atoms with Crippen LogP contribution in [0.25, 0.3) is 28.6 Å². The molecule has 7 heteroatoms. The Hall–Kier alpha value is -3.02. The second-order valence-electron chi connectivity index (χ2n) is 5.02. The first kappa shape index (κ1) is 16.8. The molecule has 0 spiro atoms. The number of nitrogens with zero attached hydrogens (tertiary/aromatic N) is 6. The molecule has 6 nitrogen and oxygen atoms in total. The van der Waals surface area contributed by atoms with Crippen LogP contribution in [0.3, 0.4) is 0 Å². The van der Waals surface area contributed by atoms with Crippen molar-refractivity contribution in [3.63, 3.8) is 0 Å². The minimum atomic E-state index is 0. The van der Waals surface area contributed by atoms with Crippen LogP contribution in [0.5, 0.6) is 0 Å². The van der Waals surface area contributed by atoms with Gasteiger partial charge in [0.05, 0.1) is 5.82 Å². The van der Waals surface area contributed by atoms with Gasteiger partial charge in [-0.25, -0.2) is 16.4 Å². The maximum absolute atomic E-state index is 4.55. The first-order valence-electron chi connectivity index (χ1n) is 7.46. The van der Waals surface area contributed by atoms with Crippen molar-refractivity contribution in [2.75, 3.05) is 0 Å². The zero-order valence-electron chi connectivity index (χ0n) is 13.0. The van der Waals surface area contributed by atoms with E-state index in [0.29, 0.717) is 17.2 Å². The Morgan fingerprint density at radius 1 is 0.800 bits per heavy atom. The van der Waals surface area contributed by atoms with Gasteiger partial charge in [0.25, 0.3) is 0 Å². The minimum Gasteiger partial charge on any atom is -0.666 e. The first-order valence-corrected chi connectivity index (χ1v) is 7.46. The van der Waals surface area contributed by atoms with Gasteiger partial charge in [0.1, 0.15) is 0 Å². The van der Waals surface area contributed by atoms with Gasteiger partial charge in [-0.15, -0.1) is 12.1 Å². The Labute approximate surface area is 155 Å². The molecular weight excluding hydrogens is 356 g/mol. The van der Waals surface area contributed by atoms with Crippen molar-refractivity contribution >= 4 is 0 Å². The zero-order chi connectivity index (χ0) is 16.2. The van der Waals surface area contributed by atoms with Gasteiger partial charge in [0.2, 0.25) is 0 Å². The number of pyridine rings is 3. The molecular formula is C18H13FeN6. The Bertz CT molecular complexity index is 809. The van der Waals surface area contributed by atoms with Crippen LogP contribution in [-0.2, 0) is 17.1 Å². The molecule has 1 radical (unpaired) electrons. The van der Waals surface area contributed by atoms with E-state index >= 15 is 0 Å². The van der Waals surface area contributed by atoms with Crippen LogP contribution in [0.4, 0.5) is 0 Å². The van der Waals surface area contributed by atoms with E-state index in [0.717, 1.165) is 11.4 Å². The fourth-order valence-electron chi connectivity index (χ4n) is 2.27. The Balaban J connectivity index is 0.00000182. The van der Waals surface area contributed by atoms with Crippen molar-refractivity contribution in [3.05, 3.63) is 79.3 Å². The molecule has 0 aromatic carbocycles. The predicted molar refractivity (Wildman–Crippen MR) is 89.9 cm³/mol. The number of aromatic nitrogens is 6. The van der Waals surface area contributed by atoms with E-state index in [-0.39, 0.29) is 17.1 Å². The smallest absolute Gasteiger partial charge is 0.666 e. The van der Waals surface area contributed by atoms with Crippen LogP contribution < -0.4 is 10.2 Å². The van der Waals surface area contributed by atoms with Crippen LogP contribution in [0.15, 0.2) is 79.3 Å². The second-order valence-corrected chi connectivity index (χ2v) is 5.02. The van der Waals surface area contributed by atoms with Crippen molar-refractivity contribution in [3.8, 4) is 28.6 Å². The van der Waals surface area contributed by atoms with E-state index in [2.05, 4.69) is 25.1 Å². The summed E-state index contributed by atoms with van der Waals surface area (Å²) in [7, 11) is 0. The standard InChI is InChI=1S/C18H13N6.Fe/c1-4-10-19-14(7-1)16-13-17(15-8-2-5-11-20-15)23-24(22-16)18-9-3-6-12-21-18;/h1-13H;/q-3;+3. The summed E-state index contributed by atoms with van der Waals surface area (Å²) in [5.41, 5.74) is 2.94. The molecule has 0 unspecified atom stereocenters. The van der Waals surface area contributed by atoms with E-state index in [1.807, 2.05) is 60.7 Å². The molecule has 123 valence electrons. The average Bonchev–Trinajstić information content (AvgIpc) is 2.70. The number of hydrogen-bond acceptors (Lipinski definition) is 3. The third-order valence-corrected chi connectivity index (χ3v) is 3.39. The molecule has 0 aliphatic heterocycles. The molecule has 0 aliphatic rings. The summed E-state index contributed by atoms with van der Waals surface area (Å²) in [6.45, 7) is 0. The summed E-state index contributed by atoms with van der Waals surface area (Å²) < 4.78 is 0. The van der Waals surface area contributed by atoms with Gasteiger partial charge in [-0.1, -0.05) is 30.0 Å². The number of hydrogen-bond donors (Lipinski definition) is 0. The number of rotatable bonds is 3. The van der Waals surface area contributed by atoms with Gasteiger partial charge >= 0.3 is 17.1 Å². The van der Waals surface area contributed by atoms with E-state index in [9.17, 15) is 0 Å². The fourth-order valence-corrected chi connectivity index (χ4v) is 2.27. The minimum absolute atomic E-state index is 0. The van der Waals surface area contributed by atoms with Crippen molar-refractivity contribution < 1.29 is 17.1 Å². The molecule has 4 aromatic rings. The Kier molecular flexibility index (Phi) is 5.18. The van der Waals surface area contributed by atoms with E-state index < -0.39 is 0 Å². The third-order valence-electron chi connectivity index (χ3n) is 3.39. The molecule has 25 heavy (non-hydrogen) atoms. The molecule has 0 N–H and O–H groups in total. The topological polar surface area (TPSA) is 71.8 Å². The molecule has 0 saturated carbocycles. The zero-order valence-corrected chi connectivity index (χ0v) is 14.1. The van der Waals surface area contributed by atoms with Crippen molar-refractivity contribution in [2.45, 2.75) is 0 Å². The predicted octanol–water partition coefficient (Wildman–Crippen LogP) is 2.75. The van der Waals surface area contributed by atoms with Crippen molar-refractivity contribution in [1.29, 1.82) is 0 Å². The SMILES string of the molecule is [Fe+3].c1ccc(-c2c[c-](-c3ccccn3)[n-]n(-c3ccccn3)[n-]2)nc1. The Morgan fingerprint density at radius 2 is 1.52 bits per heavy atom. The fraction of sp³-hybridized carbons (Fsp3) is 0. The molecule has 0 bridgehead atoms. The first-order chi connectivity index (χ1) is 11.9. The van der Waals surface area contributed by atoms with Crippen LogP contribution in [0.2, 0.25) is 0 Å². The van der Waals surface area contributed by atoms with Crippen LogP contribution >= 0.6 is 0 Å². The maximum Gasteiger partial charge on any atom is 3.00 e. The van der Waals surface area contributed by atoms with Gasteiger partial charge in [-0.05, 0) is 23.9 Å². The van der Waals surface area contributed by atoms with Crippen LogP contribution in [0, 0.1) is 0 Å². The molecule has 4 rings (SSSR count). The summed E-state index contributed by atoms with van der Waals surface area (Å²) in [5.74, 6) is 0.632. The molecule has 0 fully saturated rings. The second kappa shape index (κ2) is 7.70. The van der Waals surface area contributed by atoms with Crippen molar-refractivity contribution in [2.24, 2.45) is 0 Å². The van der Waals surface area contributed by atoms with Gasteiger partial charge in [-0.2, -0.15) is 6.07 Å². The summed E-state index contributed by atoms with van der Waals surface area (Å²) in [6, 6.07) is 18.9.